The molecule has 2 aromatic rings. The van der Waals surface area contributed by atoms with E-state index < -0.39 is 0 Å². The molecule has 2 amide bonds. The number of halogens is 1. The molecule has 0 spiro atoms. The van der Waals surface area contributed by atoms with E-state index in [0.717, 1.165) is 5.56 Å². The molecule has 2 N–H and O–H groups in total. The molecule has 0 fully saturated rings. The summed E-state index contributed by atoms with van der Waals surface area (Å²) < 4.78 is 10.9. The van der Waals surface area contributed by atoms with Gasteiger partial charge in [-0.15, -0.1) is 0 Å². The van der Waals surface area contributed by atoms with E-state index in [2.05, 4.69) is 10.6 Å². The SMILES string of the molecule is O=C(CCc1ccccc1Cl)NCC(=O)Nc1ccc2c(c1)OCCO2. The molecule has 0 bridgehead atoms. The fourth-order valence-corrected chi connectivity index (χ4v) is 2.77. The fourth-order valence-electron chi connectivity index (χ4n) is 2.54. The number of anilines is 1. The van der Waals surface area contributed by atoms with E-state index in [1.54, 1.807) is 24.3 Å². The number of carbonyl (C=O) groups excluding carboxylic acids is 2. The van der Waals surface area contributed by atoms with Crippen LogP contribution >= 0.6 is 11.6 Å². The molecular weight excluding hydrogens is 356 g/mol. The minimum atomic E-state index is -0.312. The first-order chi connectivity index (χ1) is 12.6. The number of fused-ring (bicyclic) bond motifs is 1. The van der Waals surface area contributed by atoms with Crippen LogP contribution in [0.2, 0.25) is 5.02 Å². The Hall–Kier alpha value is -2.73. The molecular formula is C19H19ClN2O4. The molecule has 0 atom stereocenters. The van der Waals surface area contributed by atoms with Gasteiger partial charge in [0.15, 0.2) is 11.5 Å². The molecule has 0 aromatic heterocycles. The Labute approximate surface area is 156 Å². The quantitative estimate of drug-likeness (QED) is 0.815. The minimum Gasteiger partial charge on any atom is -0.486 e. The summed E-state index contributed by atoms with van der Waals surface area (Å²) in [5.74, 6) is 0.731. The highest BCUT2D eigenvalue weighted by Gasteiger charge is 2.13. The van der Waals surface area contributed by atoms with Gasteiger partial charge in [-0.3, -0.25) is 9.59 Å². The van der Waals surface area contributed by atoms with Crippen LogP contribution in [-0.4, -0.2) is 31.6 Å². The second kappa shape index (κ2) is 8.58. The van der Waals surface area contributed by atoms with Gasteiger partial charge in [0.2, 0.25) is 11.8 Å². The summed E-state index contributed by atoms with van der Waals surface area (Å²) in [5, 5.41) is 5.96. The third kappa shape index (κ3) is 4.89. The van der Waals surface area contributed by atoms with Crippen molar-refractivity contribution in [3.8, 4) is 11.5 Å². The van der Waals surface area contributed by atoms with Crippen LogP contribution in [0.15, 0.2) is 42.5 Å². The van der Waals surface area contributed by atoms with Crippen LogP contribution < -0.4 is 20.1 Å². The lowest BCUT2D eigenvalue weighted by molar-refractivity contribution is -0.124. The number of aryl methyl sites for hydroxylation is 1. The molecule has 1 heterocycles. The zero-order valence-electron chi connectivity index (χ0n) is 14.1. The maximum atomic E-state index is 12.0. The van der Waals surface area contributed by atoms with Crippen molar-refractivity contribution in [1.29, 1.82) is 0 Å². The van der Waals surface area contributed by atoms with Gasteiger partial charge in [0.25, 0.3) is 0 Å². The normalized spacial score (nSPS) is 12.3. The molecule has 0 saturated carbocycles. The standard InChI is InChI=1S/C19H19ClN2O4/c20-15-4-2-1-3-13(15)5-8-18(23)21-12-19(24)22-14-6-7-16-17(11-14)26-10-9-25-16/h1-4,6-7,11H,5,8-10,12H2,(H,21,23)(H,22,24). The zero-order chi connectivity index (χ0) is 18.4. The number of ether oxygens (including phenoxy) is 2. The summed E-state index contributed by atoms with van der Waals surface area (Å²) in [4.78, 5) is 23.9. The predicted molar refractivity (Wildman–Crippen MR) is 98.8 cm³/mol. The second-order valence-electron chi connectivity index (χ2n) is 5.77. The molecule has 2 aromatic carbocycles. The van der Waals surface area contributed by atoms with Crippen LogP contribution in [0, 0.1) is 0 Å². The Kier molecular flexibility index (Phi) is 5.96. The van der Waals surface area contributed by atoms with E-state index in [4.69, 9.17) is 21.1 Å². The van der Waals surface area contributed by atoms with Gasteiger partial charge in [0.1, 0.15) is 13.2 Å². The van der Waals surface area contributed by atoms with E-state index in [0.29, 0.717) is 41.8 Å². The largest absolute Gasteiger partial charge is 0.486 e. The van der Waals surface area contributed by atoms with Gasteiger partial charge in [-0.1, -0.05) is 29.8 Å². The van der Waals surface area contributed by atoms with Crippen molar-refractivity contribution in [2.45, 2.75) is 12.8 Å². The molecule has 1 aliphatic rings. The molecule has 136 valence electrons. The number of hydrogen-bond donors (Lipinski definition) is 2. The van der Waals surface area contributed by atoms with Crippen LogP contribution in [-0.2, 0) is 16.0 Å². The first kappa shape index (κ1) is 18.1. The molecule has 0 aliphatic carbocycles. The molecule has 26 heavy (non-hydrogen) atoms. The lowest BCUT2D eigenvalue weighted by Gasteiger charge is -2.19. The highest BCUT2D eigenvalue weighted by atomic mass is 35.5. The van der Waals surface area contributed by atoms with E-state index in [1.807, 2.05) is 18.2 Å². The molecule has 6 nitrogen and oxygen atoms in total. The van der Waals surface area contributed by atoms with Gasteiger partial charge >= 0.3 is 0 Å². The van der Waals surface area contributed by atoms with Crippen LogP contribution in [0.1, 0.15) is 12.0 Å². The summed E-state index contributed by atoms with van der Waals surface area (Å²) >= 11 is 6.06. The van der Waals surface area contributed by atoms with E-state index >= 15 is 0 Å². The smallest absolute Gasteiger partial charge is 0.243 e. The highest BCUT2D eigenvalue weighted by Crippen LogP contribution is 2.32. The number of rotatable bonds is 6. The van der Waals surface area contributed by atoms with Gasteiger partial charge in [-0.2, -0.15) is 0 Å². The number of nitrogens with one attached hydrogen (secondary N) is 2. The maximum absolute atomic E-state index is 12.0. The monoisotopic (exact) mass is 374 g/mol. The first-order valence-corrected chi connectivity index (χ1v) is 8.69. The van der Waals surface area contributed by atoms with Gasteiger partial charge in [0.05, 0.1) is 6.54 Å². The van der Waals surface area contributed by atoms with Crippen molar-refractivity contribution in [2.75, 3.05) is 25.1 Å². The third-order valence-electron chi connectivity index (χ3n) is 3.85. The van der Waals surface area contributed by atoms with Crippen LogP contribution in [0.3, 0.4) is 0 Å². The summed E-state index contributed by atoms with van der Waals surface area (Å²) in [5.41, 5.74) is 1.50. The molecule has 1 aliphatic heterocycles. The highest BCUT2D eigenvalue weighted by molar-refractivity contribution is 6.31. The van der Waals surface area contributed by atoms with Gasteiger partial charge in [0, 0.05) is 23.2 Å². The number of hydrogen-bond acceptors (Lipinski definition) is 4. The minimum absolute atomic E-state index is 0.101. The molecule has 0 unspecified atom stereocenters. The van der Waals surface area contributed by atoms with E-state index in [1.165, 1.54) is 0 Å². The van der Waals surface area contributed by atoms with Crippen molar-refractivity contribution < 1.29 is 19.1 Å². The average molecular weight is 375 g/mol. The van der Waals surface area contributed by atoms with Crippen LogP contribution in [0.5, 0.6) is 11.5 Å². The van der Waals surface area contributed by atoms with Gasteiger partial charge < -0.3 is 20.1 Å². The number of carbonyl (C=O) groups is 2. The summed E-state index contributed by atoms with van der Waals surface area (Å²) in [6.45, 7) is 0.889. The summed E-state index contributed by atoms with van der Waals surface area (Å²) in [6, 6.07) is 12.6. The second-order valence-corrected chi connectivity index (χ2v) is 6.18. The summed E-state index contributed by atoms with van der Waals surface area (Å²) in [6.07, 6.45) is 0.788. The van der Waals surface area contributed by atoms with Crippen LogP contribution in [0.25, 0.3) is 0 Å². The summed E-state index contributed by atoms with van der Waals surface area (Å²) in [7, 11) is 0. The van der Waals surface area contributed by atoms with Crippen LogP contribution in [0.4, 0.5) is 5.69 Å². The number of amides is 2. The third-order valence-corrected chi connectivity index (χ3v) is 4.22. The lowest BCUT2D eigenvalue weighted by atomic mass is 10.1. The molecule has 7 heteroatoms. The van der Waals surface area contributed by atoms with E-state index in [-0.39, 0.29) is 24.8 Å². The lowest BCUT2D eigenvalue weighted by Crippen LogP contribution is -2.33. The van der Waals surface area contributed by atoms with Crippen molar-refractivity contribution in [2.24, 2.45) is 0 Å². The van der Waals surface area contributed by atoms with Crippen molar-refractivity contribution in [1.82, 2.24) is 5.32 Å². The van der Waals surface area contributed by atoms with Crippen molar-refractivity contribution in [3.05, 3.63) is 53.1 Å². The fraction of sp³-hybridized carbons (Fsp3) is 0.263. The Morgan fingerprint density at radius 3 is 2.58 bits per heavy atom. The zero-order valence-corrected chi connectivity index (χ0v) is 14.8. The predicted octanol–water partition coefficient (Wildman–Crippen LogP) is 2.80. The Bertz CT molecular complexity index is 810. The van der Waals surface area contributed by atoms with Crippen molar-refractivity contribution in [3.63, 3.8) is 0 Å². The van der Waals surface area contributed by atoms with E-state index in [9.17, 15) is 9.59 Å². The maximum Gasteiger partial charge on any atom is 0.243 e. The molecule has 0 saturated heterocycles. The topological polar surface area (TPSA) is 76.7 Å². The average Bonchev–Trinajstić information content (AvgIpc) is 2.65. The van der Waals surface area contributed by atoms with Gasteiger partial charge in [-0.25, -0.2) is 0 Å². The Morgan fingerprint density at radius 1 is 1.00 bits per heavy atom. The molecule has 3 rings (SSSR count). The van der Waals surface area contributed by atoms with Crippen molar-refractivity contribution >= 4 is 29.1 Å². The first-order valence-electron chi connectivity index (χ1n) is 8.31. The molecule has 0 radical (unpaired) electrons. The van der Waals surface area contributed by atoms with Gasteiger partial charge in [-0.05, 0) is 30.2 Å². The number of benzene rings is 2. The Morgan fingerprint density at radius 2 is 1.77 bits per heavy atom. The Balaban J connectivity index is 1.43.